The highest BCUT2D eigenvalue weighted by Crippen LogP contribution is 2.34. The van der Waals surface area contributed by atoms with Crippen LogP contribution >= 0.6 is 11.8 Å². The summed E-state index contributed by atoms with van der Waals surface area (Å²) < 4.78 is 0. The third kappa shape index (κ3) is 2.27. The summed E-state index contributed by atoms with van der Waals surface area (Å²) in [5.41, 5.74) is 1.38. The molecule has 0 aromatic heterocycles. The van der Waals surface area contributed by atoms with Crippen LogP contribution in [0, 0.1) is 0 Å². The molecule has 0 aliphatic carbocycles. The average Bonchev–Trinajstić information content (AvgIpc) is 2.47. The summed E-state index contributed by atoms with van der Waals surface area (Å²) in [6, 6.07) is 15.6. The number of ketones is 1. The van der Waals surface area contributed by atoms with E-state index in [1.807, 2.05) is 30.3 Å². The van der Waals surface area contributed by atoms with Gasteiger partial charge in [0.05, 0.1) is 0 Å². The van der Waals surface area contributed by atoms with Gasteiger partial charge < -0.3 is 5.32 Å². The molecule has 1 atom stereocenters. The normalized spacial score (nSPS) is 17.5. The van der Waals surface area contributed by atoms with E-state index >= 15 is 0 Å². The summed E-state index contributed by atoms with van der Waals surface area (Å²) in [6.07, 6.45) is 0. The molecule has 0 saturated carbocycles. The highest BCUT2D eigenvalue weighted by atomic mass is 32.2. The van der Waals surface area contributed by atoms with Crippen molar-refractivity contribution >= 4 is 28.3 Å². The zero-order valence-corrected chi connectivity index (χ0v) is 10.8. The zero-order valence-electron chi connectivity index (χ0n) is 10.00. The van der Waals surface area contributed by atoms with Crippen molar-refractivity contribution in [3.63, 3.8) is 0 Å². The van der Waals surface area contributed by atoms with E-state index in [1.54, 1.807) is 24.3 Å². The predicted octanol–water partition coefficient (Wildman–Crippen LogP) is 2.98. The highest BCUT2D eigenvalue weighted by molar-refractivity contribution is 8.14. The van der Waals surface area contributed by atoms with E-state index in [4.69, 9.17) is 0 Å². The van der Waals surface area contributed by atoms with Crippen molar-refractivity contribution in [3.05, 3.63) is 60.2 Å². The van der Waals surface area contributed by atoms with Crippen molar-refractivity contribution in [2.45, 2.75) is 10.9 Å². The summed E-state index contributed by atoms with van der Waals surface area (Å²) in [6.45, 7) is 0. The fourth-order valence-corrected chi connectivity index (χ4v) is 2.88. The number of thioether (sulfide) groups is 1. The van der Waals surface area contributed by atoms with Crippen LogP contribution in [0.2, 0.25) is 0 Å². The second-order valence-electron chi connectivity index (χ2n) is 4.22. The fraction of sp³-hybridized carbons (Fsp3) is 0.0667. The molecule has 1 aliphatic heterocycles. The Labute approximate surface area is 115 Å². The van der Waals surface area contributed by atoms with Gasteiger partial charge in [-0.1, -0.05) is 42.5 Å². The molecule has 1 heterocycles. The number of Topliss-reactive ketones (excluding diaryl/α,β-unsaturated/α-hetero) is 1. The number of anilines is 1. The first-order chi connectivity index (χ1) is 9.25. The lowest BCUT2D eigenvalue weighted by Crippen LogP contribution is -2.38. The van der Waals surface area contributed by atoms with Gasteiger partial charge >= 0.3 is 0 Å². The monoisotopic (exact) mass is 269 g/mol. The van der Waals surface area contributed by atoms with E-state index in [-0.39, 0.29) is 10.9 Å². The molecule has 0 bridgehead atoms. The molecule has 19 heavy (non-hydrogen) atoms. The summed E-state index contributed by atoms with van der Waals surface area (Å²) >= 11 is 1.12. The Hall–Kier alpha value is -2.07. The van der Waals surface area contributed by atoms with Crippen LogP contribution in [0.5, 0.6) is 0 Å². The van der Waals surface area contributed by atoms with Crippen LogP contribution in [-0.2, 0) is 4.79 Å². The zero-order chi connectivity index (χ0) is 13.2. The van der Waals surface area contributed by atoms with Gasteiger partial charge in [-0.05, 0) is 23.9 Å². The molecule has 2 aromatic rings. The molecule has 1 unspecified atom stereocenters. The summed E-state index contributed by atoms with van der Waals surface area (Å²) in [4.78, 5) is 25.2. The smallest absolute Gasteiger partial charge is 0.224 e. The Morgan fingerprint density at radius 1 is 1.00 bits per heavy atom. The van der Waals surface area contributed by atoms with E-state index in [0.29, 0.717) is 5.56 Å². The fourth-order valence-electron chi connectivity index (χ4n) is 2.00. The first-order valence-corrected chi connectivity index (χ1v) is 6.74. The maximum absolute atomic E-state index is 12.3. The minimum Gasteiger partial charge on any atom is -0.367 e. The Kier molecular flexibility index (Phi) is 3.09. The van der Waals surface area contributed by atoms with Gasteiger partial charge in [0.2, 0.25) is 5.12 Å². The van der Waals surface area contributed by atoms with Gasteiger partial charge in [-0.3, -0.25) is 9.59 Å². The summed E-state index contributed by atoms with van der Waals surface area (Å²) in [7, 11) is 0. The molecular formula is C15H11NO2S. The van der Waals surface area contributed by atoms with Gasteiger partial charge in [-0.2, -0.15) is 0 Å². The lowest BCUT2D eigenvalue weighted by Gasteiger charge is -2.24. The molecule has 4 heteroatoms. The van der Waals surface area contributed by atoms with E-state index in [2.05, 4.69) is 5.32 Å². The van der Waals surface area contributed by atoms with Gasteiger partial charge in [-0.25, -0.2) is 0 Å². The Balaban J connectivity index is 1.91. The molecule has 1 aliphatic rings. The van der Waals surface area contributed by atoms with Gasteiger partial charge in [0.25, 0.3) is 0 Å². The minimum absolute atomic E-state index is 0.160. The van der Waals surface area contributed by atoms with Crippen LogP contribution in [0.4, 0.5) is 5.69 Å². The number of para-hydroxylation sites is 1. The van der Waals surface area contributed by atoms with Crippen LogP contribution < -0.4 is 5.32 Å². The Morgan fingerprint density at radius 3 is 2.47 bits per heavy atom. The van der Waals surface area contributed by atoms with Crippen LogP contribution in [0.15, 0.2) is 59.5 Å². The summed E-state index contributed by atoms with van der Waals surface area (Å²) in [5, 5.41) is 2.87. The highest BCUT2D eigenvalue weighted by Gasteiger charge is 2.32. The largest absolute Gasteiger partial charge is 0.367 e. The van der Waals surface area contributed by atoms with Crippen LogP contribution in [0.25, 0.3) is 0 Å². The third-order valence-electron chi connectivity index (χ3n) is 2.95. The molecule has 2 aromatic carbocycles. The second-order valence-corrected chi connectivity index (χ2v) is 5.27. The number of hydrogen-bond acceptors (Lipinski definition) is 4. The van der Waals surface area contributed by atoms with Crippen LogP contribution in [0.1, 0.15) is 10.4 Å². The maximum atomic E-state index is 12.3. The number of hydrogen-bond donors (Lipinski definition) is 1. The van der Waals surface area contributed by atoms with Gasteiger partial charge in [0.1, 0.15) is 0 Å². The number of carbonyl (C=O) groups is 2. The van der Waals surface area contributed by atoms with Gasteiger partial charge in [0.15, 0.2) is 11.8 Å². The quantitative estimate of drug-likeness (QED) is 0.672. The molecule has 0 fully saturated rings. The van der Waals surface area contributed by atoms with E-state index in [0.717, 1.165) is 22.3 Å². The number of benzene rings is 2. The van der Waals surface area contributed by atoms with E-state index in [1.165, 1.54) is 0 Å². The molecule has 0 radical (unpaired) electrons. The lowest BCUT2D eigenvalue weighted by atomic mass is 10.0. The van der Waals surface area contributed by atoms with Crippen molar-refractivity contribution in [1.82, 2.24) is 0 Å². The van der Waals surface area contributed by atoms with Crippen molar-refractivity contribution < 1.29 is 9.59 Å². The molecule has 0 saturated heterocycles. The van der Waals surface area contributed by atoms with Crippen molar-refractivity contribution in [3.8, 4) is 0 Å². The van der Waals surface area contributed by atoms with Crippen LogP contribution in [-0.4, -0.2) is 16.9 Å². The first-order valence-electron chi connectivity index (χ1n) is 5.92. The topological polar surface area (TPSA) is 46.2 Å². The second kappa shape index (κ2) is 4.90. The van der Waals surface area contributed by atoms with Crippen molar-refractivity contribution in [2.75, 3.05) is 5.32 Å². The number of nitrogens with one attached hydrogen (secondary N) is 1. The molecule has 0 spiro atoms. The van der Waals surface area contributed by atoms with E-state index in [9.17, 15) is 9.59 Å². The third-order valence-corrected chi connectivity index (χ3v) is 3.97. The predicted molar refractivity (Wildman–Crippen MR) is 75.5 cm³/mol. The number of fused-ring (bicyclic) bond motifs is 1. The van der Waals surface area contributed by atoms with E-state index < -0.39 is 6.04 Å². The first kappa shape index (κ1) is 12.0. The minimum atomic E-state index is -0.803. The standard InChI is InChI=1S/C15H11NO2S/c17-14(10-6-2-1-3-7-10)13-15(18)19-12-9-5-4-8-11(12)16-13/h1-9,13,16H. The Morgan fingerprint density at radius 2 is 1.68 bits per heavy atom. The molecule has 1 N–H and O–H groups in total. The number of carbonyl (C=O) groups excluding carboxylic acids is 2. The lowest BCUT2D eigenvalue weighted by molar-refractivity contribution is -0.110. The summed E-state index contributed by atoms with van der Waals surface area (Å²) in [5.74, 6) is -0.187. The molecule has 0 amide bonds. The molecule has 94 valence electrons. The van der Waals surface area contributed by atoms with Crippen LogP contribution in [0.3, 0.4) is 0 Å². The van der Waals surface area contributed by atoms with Crippen molar-refractivity contribution in [2.24, 2.45) is 0 Å². The molecular weight excluding hydrogens is 258 g/mol. The average molecular weight is 269 g/mol. The molecule has 3 rings (SSSR count). The molecule has 3 nitrogen and oxygen atoms in total. The van der Waals surface area contributed by atoms with Gasteiger partial charge in [-0.15, -0.1) is 0 Å². The Bertz CT molecular complexity index is 640. The van der Waals surface area contributed by atoms with Crippen molar-refractivity contribution in [1.29, 1.82) is 0 Å². The van der Waals surface area contributed by atoms with Gasteiger partial charge in [0, 0.05) is 16.1 Å². The SMILES string of the molecule is O=C1Sc2ccccc2NC1C(=O)c1ccccc1. The number of rotatable bonds is 2. The maximum Gasteiger partial charge on any atom is 0.224 e.